The van der Waals surface area contributed by atoms with Crippen molar-refractivity contribution in [2.45, 2.75) is 32.6 Å². The van der Waals surface area contributed by atoms with Gasteiger partial charge in [-0.1, -0.05) is 32.0 Å². The van der Waals surface area contributed by atoms with Crippen molar-refractivity contribution in [2.24, 2.45) is 10.9 Å². The molecule has 1 aliphatic carbocycles. The maximum atomic E-state index is 5.89. The molecule has 4 nitrogen and oxygen atoms in total. The molecule has 0 unspecified atom stereocenters. The Morgan fingerprint density at radius 2 is 2.05 bits per heavy atom. The van der Waals surface area contributed by atoms with Crippen molar-refractivity contribution in [3.8, 4) is 5.75 Å². The Labute approximate surface area is 128 Å². The Kier molecular flexibility index (Phi) is 5.90. The molecule has 21 heavy (non-hydrogen) atoms. The topological polar surface area (TPSA) is 45.7 Å². The fourth-order valence-corrected chi connectivity index (χ4v) is 2.20. The molecule has 2 N–H and O–H groups in total. The third-order valence-corrected chi connectivity index (χ3v) is 3.67. The van der Waals surface area contributed by atoms with E-state index in [0.29, 0.717) is 12.5 Å². The molecule has 1 aromatic rings. The number of ether oxygens (including phenoxy) is 1. The molecule has 0 aromatic heterocycles. The highest BCUT2D eigenvalue weighted by atomic mass is 16.5. The molecule has 0 bridgehead atoms. The quantitative estimate of drug-likeness (QED) is 0.461. The minimum Gasteiger partial charge on any atom is -0.491 e. The summed E-state index contributed by atoms with van der Waals surface area (Å²) in [7, 11) is 1.80. The van der Waals surface area contributed by atoms with Gasteiger partial charge in [-0.25, -0.2) is 0 Å². The molecule has 0 spiro atoms. The van der Waals surface area contributed by atoms with Gasteiger partial charge in [-0.3, -0.25) is 4.99 Å². The van der Waals surface area contributed by atoms with Crippen molar-refractivity contribution in [1.29, 1.82) is 0 Å². The first-order chi connectivity index (χ1) is 10.2. The summed E-state index contributed by atoms with van der Waals surface area (Å²) >= 11 is 0. The van der Waals surface area contributed by atoms with Crippen LogP contribution in [0.25, 0.3) is 0 Å². The molecular weight excluding hydrogens is 262 g/mol. The first kappa shape index (κ1) is 15.7. The zero-order valence-corrected chi connectivity index (χ0v) is 13.4. The standard InChI is InChI=1S/C17H27N3O/c1-13(2)15-6-4-5-7-16(15)21-11-10-19-17(18-3)20-12-14-8-9-14/h4-7,13-14H,8-12H2,1-3H3,(H2,18,19,20). The van der Waals surface area contributed by atoms with Gasteiger partial charge in [0.2, 0.25) is 0 Å². The second kappa shape index (κ2) is 7.91. The van der Waals surface area contributed by atoms with Gasteiger partial charge in [-0.05, 0) is 36.3 Å². The van der Waals surface area contributed by atoms with Gasteiger partial charge < -0.3 is 15.4 Å². The van der Waals surface area contributed by atoms with E-state index < -0.39 is 0 Å². The molecule has 1 aliphatic rings. The summed E-state index contributed by atoms with van der Waals surface area (Å²) in [5.74, 6) is 3.16. The maximum Gasteiger partial charge on any atom is 0.191 e. The predicted octanol–water partition coefficient (Wildman–Crippen LogP) is 2.76. The summed E-state index contributed by atoms with van der Waals surface area (Å²) < 4.78 is 5.89. The van der Waals surface area contributed by atoms with Crippen LogP contribution in [0, 0.1) is 5.92 Å². The van der Waals surface area contributed by atoms with Crippen LogP contribution in [0.5, 0.6) is 5.75 Å². The average Bonchev–Trinajstić information content (AvgIpc) is 3.31. The Hall–Kier alpha value is -1.71. The van der Waals surface area contributed by atoms with Crippen molar-refractivity contribution in [1.82, 2.24) is 10.6 Å². The van der Waals surface area contributed by atoms with Gasteiger partial charge in [-0.2, -0.15) is 0 Å². The number of hydrogen-bond acceptors (Lipinski definition) is 2. The van der Waals surface area contributed by atoms with Crippen molar-refractivity contribution >= 4 is 5.96 Å². The largest absolute Gasteiger partial charge is 0.491 e. The molecule has 0 heterocycles. The second-order valence-electron chi connectivity index (χ2n) is 5.86. The molecule has 1 aromatic carbocycles. The first-order valence-corrected chi connectivity index (χ1v) is 7.87. The van der Waals surface area contributed by atoms with E-state index in [1.165, 1.54) is 18.4 Å². The van der Waals surface area contributed by atoms with Crippen LogP contribution in [0.3, 0.4) is 0 Å². The van der Waals surface area contributed by atoms with E-state index >= 15 is 0 Å². The molecule has 1 fully saturated rings. The molecule has 2 rings (SSSR count). The molecule has 0 radical (unpaired) electrons. The highest BCUT2D eigenvalue weighted by Crippen LogP contribution is 2.27. The van der Waals surface area contributed by atoms with Crippen LogP contribution in [0.1, 0.15) is 38.2 Å². The summed E-state index contributed by atoms with van der Waals surface area (Å²) in [6, 6.07) is 8.24. The smallest absolute Gasteiger partial charge is 0.191 e. The molecule has 116 valence electrons. The lowest BCUT2D eigenvalue weighted by atomic mass is 10.0. The number of nitrogens with zero attached hydrogens (tertiary/aromatic N) is 1. The minimum atomic E-state index is 0.474. The van der Waals surface area contributed by atoms with Crippen LogP contribution in [0.4, 0.5) is 0 Å². The highest BCUT2D eigenvalue weighted by Gasteiger charge is 2.20. The Morgan fingerprint density at radius 3 is 2.71 bits per heavy atom. The number of aliphatic imine (C=N–C) groups is 1. The summed E-state index contributed by atoms with van der Waals surface area (Å²) in [6.45, 7) is 6.77. The zero-order valence-electron chi connectivity index (χ0n) is 13.4. The van der Waals surface area contributed by atoms with Gasteiger partial charge in [-0.15, -0.1) is 0 Å². The van der Waals surface area contributed by atoms with Crippen molar-refractivity contribution < 1.29 is 4.74 Å². The van der Waals surface area contributed by atoms with E-state index in [1.54, 1.807) is 7.05 Å². The number of rotatable bonds is 7. The van der Waals surface area contributed by atoms with E-state index in [-0.39, 0.29) is 0 Å². The van der Waals surface area contributed by atoms with Gasteiger partial charge >= 0.3 is 0 Å². The molecule has 0 saturated heterocycles. The van der Waals surface area contributed by atoms with Crippen LogP contribution in [0.15, 0.2) is 29.3 Å². The predicted molar refractivity (Wildman–Crippen MR) is 88.1 cm³/mol. The van der Waals surface area contributed by atoms with Crippen LogP contribution in [-0.2, 0) is 0 Å². The van der Waals surface area contributed by atoms with E-state index in [2.05, 4.69) is 41.6 Å². The SMILES string of the molecule is CN=C(NCCOc1ccccc1C(C)C)NCC1CC1. The molecule has 0 atom stereocenters. The van der Waals surface area contributed by atoms with Crippen LogP contribution >= 0.6 is 0 Å². The van der Waals surface area contributed by atoms with Gasteiger partial charge in [0.15, 0.2) is 5.96 Å². The number of nitrogens with one attached hydrogen (secondary N) is 2. The Morgan fingerprint density at radius 1 is 1.29 bits per heavy atom. The van der Waals surface area contributed by atoms with Gasteiger partial charge in [0.25, 0.3) is 0 Å². The average molecular weight is 289 g/mol. The van der Waals surface area contributed by atoms with Crippen molar-refractivity contribution in [2.75, 3.05) is 26.7 Å². The third kappa shape index (κ3) is 5.29. The summed E-state index contributed by atoms with van der Waals surface area (Å²) in [5, 5.41) is 6.63. The molecular formula is C17H27N3O. The fourth-order valence-electron chi connectivity index (χ4n) is 2.20. The van der Waals surface area contributed by atoms with E-state index in [4.69, 9.17) is 4.74 Å². The Balaban J connectivity index is 1.71. The van der Waals surface area contributed by atoms with E-state index in [9.17, 15) is 0 Å². The first-order valence-electron chi connectivity index (χ1n) is 7.87. The molecule has 1 saturated carbocycles. The lowest BCUT2D eigenvalue weighted by Gasteiger charge is -2.15. The monoisotopic (exact) mass is 289 g/mol. The fraction of sp³-hybridized carbons (Fsp3) is 0.588. The number of para-hydroxylation sites is 1. The van der Waals surface area contributed by atoms with Gasteiger partial charge in [0, 0.05) is 13.6 Å². The van der Waals surface area contributed by atoms with Crippen LogP contribution < -0.4 is 15.4 Å². The minimum absolute atomic E-state index is 0.474. The molecule has 0 aliphatic heterocycles. The maximum absolute atomic E-state index is 5.89. The van der Waals surface area contributed by atoms with E-state index in [1.807, 2.05) is 12.1 Å². The molecule has 0 amide bonds. The number of guanidine groups is 1. The van der Waals surface area contributed by atoms with Crippen LogP contribution in [-0.4, -0.2) is 32.7 Å². The number of benzene rings is 1. The lowest BCUT2D eigenvalue weighted by Crippen LogP contribution is -2.40. The normalized spacial score (nSPS) is 15.1. The summed E-state index contributed by atoms with van der Waals surface area (Å²) in [5.41, 5.74) is 1.26. The van der Waals surface area contributed by atoms with Gasteiger partial charge in [0.05, 0.1) is 6.54 Å². The van der Waals surface area contributed by atoms with Crippen molar-refractivity contribution in [3.63, 3.8) is 0 Å². The number of hydrogen-bond donors (Lipinski definition) is 2. The third-order valence-electron chi connectivity index (χ3n) is 3.67. The zero-order chi connectivity index (χ0) is 15.1. The highest BCUT2D eigenvalue weighted by molar-refractivity contribution is 5.79. The van der Waals surface area contributed by atoms with Gasteiger partial charge in [0.1, 0.15) is 12.4 Å². The van der Waals surface area contributed by atoms with E-state index in [0.717, 1.165) is 30.7 Å². The molecule has 4 heteroatoms. The lowest BCUT2D eigenvalue weighted by molar-refractivity contribution is 0.317. The summed E-state index contributed by atoms with van der Waals surface area (Å²) in [6.07, 6.45) is 2.69. The Bertz CT molecular complexity index is 467. The summed E-state index contributed by atoms with van der Waals surface area (Å²) in [4.78, 5) is 4.22. The van der Waals surface area contributed by atoms with Crippen LogP contribution in [0.2, 0.25) is 0 Å². The second-order valence-corrected chi connectivity index (χ2v) is 5.86. The van der Waals surface area contributed by atoms with Crippen molar-refractivity contribution in [3.05, 3.63) is 29.8 Å².